The summed E-state index contributed by atoms with van der Waals surface area (Å²) in [4.78, 5) is 29.5. The highest BCUT2D eigenvalue weighted by Crippen LogP contribution is 2.54. The molecule has 2 aliphatic rings. The number of methoxy groups -OCH3 is 1. The second-order valence-corrected chi connectivity index (χ2v) is 12.4. The van der Waals surface area contributed by atoms with E-state index in [1.807, 2.05) is 78.9 Å². The van der Waals surface area contributed by atoms with Gasteiger partial charge in [0.2, 0.25) is 0 Å². The zero-order chi connectivity index (χ0) is 33.3. The van der Waals surface area contributed by atoms with Gasteiger partial charge in [-0.1, -0.05) is 72.8 Å². The van der Waals surface area contributed by atoms with Crippen molar-refractivity contribution in [1.29, 1.82) is 0 Å². The second kappa shape index (κ2) is 13.1. The number of nitrogens with zero attached hydrogens (tertiary/aromatic N) is 4. The minimum Gasteiger partial charge on any atom is -0.497 e. The van der Waals surface area contributed by atoms with Crippen molar-refractivity contribution in [3.63, 3.8) is 0 Å². The van der Waals surface area contributed by atoms with Crippen LogP contribution >= 0.6 is 0 Å². The Morgan fingerprint density at radius 3 is 2.50 bits per heavy atom. The monoisotopic (exact) mass is 643 g/mol. The largest absolute Gasteiger partial charge is 0.497 e. The molecule has 2 aliphatic heterocycles. The lowest BCUT2D eigenvalue weighted by Crippen LogP contribution is -2.43. The molecule has 48 heavy (non-hydrogen) atoms. The summed E-state index contributed by atoms with van der Waals surface area (Å²) in [5.41, 5.74) is 3.62. The highest BCUT2D eigenvalue weighted by atomic mass is 16.5. The number of aryl methyl sites for hydroxylation is 1. The van der Waals surface area contributed by atoms with E-state index in [4.69, 9.17) is 9.47 Å². The molecule has 1 saturated heterocycles. The smallest absolute Gasteiger partial charge is 0.264 e. The molecule has 10 nitrogen and oxygen atoms in total. The standard InChI is InChI=1S/C38H37N5O5/c1-25-21-31(19-20-42-24-33(40-41-42)35(44)27-11-7-4-8-12-27)48-38(25)32-22-29(39-36(45)28-13-16-30(47-2)17-14-28)15-18-34(32)43(37(38)46)23-26-9-5-3-6-10-26/h3-18,22,24-25,31,35,44H,19-21,23H2,1-2H3,(H,39,45)/t25-,31+,35-,38+/m1/s1. The minimum absolute atomic E-state index is 0.107. The van der Waals surface area contributed by atoms with E-state index < -0.39 is 11.7 Å². The molecule has 2 amide bonds. The van der Waals surface area contributed by atoms with Gasteiger partial charge in [0.1, 0.15) is 17.5 Å². The van der Waals surface area contributed by atoms with Crippen LogP contribution in [-0.4, -0.2) is 45.1 Å². The van der Waals surface area contributed by atoms with Crippen LogP contribution in [0.3, 0.4) is 0 Å². The second-order valence-electron chi connectivity index (χ2n) is 12.4. The number of hydrogen-bond donors (Lipinski definition) is 2. The first-order chi connectivity index (χ1) is 23.4. The number of anilines is 2. The molecule has 7 rings (SSSR count). The molecule has 244 valence electrons. The number of carbonyl (C=O) groups excluding carboxylic acids is 2. The van der Waals surface area contributed by atoms with E-state index in [2.05, 4.69) is 22.6 Å². The van der Waals surface area contributed by atoms with E-state index in [1.54, 1.807) is 47.2 Å². The Morgan fingerprint density at radius 2 is 1.77 bits per heavy atom. The van der Waals surface area contributed by atoms with E-state index in [-0.39, 0.29) is 23.8 Å². The van der Waals surface area contributed by atoms with E-state index in [9.17, 15) is 14.7 Å². The van der Waals surface area contributed by atoms with E-state index in [0.29, 0.717) is 48.6 Å². The molecular formula is C38H37N5O5. The highest BCUT2D eigenvalue weighted by molar-refractivity contribution is 6.09. The van der Waals surface area contributed by atoms with Gasteiger partial charge in [0, 0.05) is 29.3 Å². The van der Waals surface area contributed by atoms with Crippen LogP contribution in [0.2, 0.25) is 0 Å². The average Bonchev–Trinajstić information content (AvgIpc) is 3.80. The molecule has 0 aliphatic carbocycles. The quantitative estimate of drug-likeness (QED) is 0.195. The summed E-state index contributed by atoms with van der Waals surface area (Å²) in [6.45, 7) is 2.97. The molecule has 0 radical (unpaired) electrons. The number of carbonyl (C=O) groups is 2. The molecule has 0 saturated carbocycles. The fourth-order valence-corrected chi connectivity index (χ4v) is 6.83. The van der Waals surface area contributed by atoms with Gasteiger partial charge in [0.05, 0.1) is 31.6 Å². The van der Waals surface area contributed by atoms with E-state index in [1.165, 1.54) is 0 Å². The Labute approximate surface area is 278 Å². The molecule has 10 heteroatoms. The summed E-state index contributed by atoms with van der Waals surface area (Å²) in [5.74, 6) is 0.163. The first-order valence-electron chi connectivity index (χ1n) is 16.1. The number of aliphatic hydroxyl groups excluding tert-OH is 1. The zero-order valence-corrected chi connectivity index (χ0v) is 26.8. The van der Waals surface area contributed by atoms with Crippen LogP contribution < -0.4 is 15.0 Å². The lowest BCUT2D eigenvalue weighted by atomic mass is 9.82. The first-order valence-corrected chi connectivity index (χ1v) is 16.1. The summed E-state index contributed by atoms with van der Waals surface area (Å²) < 4.78 is 13.7. The zero-order valence-electron chi connectivity index (χ0n) is 26.8. The number of benzene rings is 4. The lowest BCUT2D eigenvalue weighted by Gasteiger charge is -2.28. The van der Waals surface area contributed by atoms with Crippen LogP contribution in [-0.2, 0) is 28.2 Å². The van der Waals surface area contributed by atoms with Crippen molar-refractivity contribution in [2.24, 2.45) is 5.92 Å². The Balaban J connectivity index is 1.13. The van der Waals surface area contributed by atoms with E-state index >= 15 is 0 Å². The number of hydrogen-bond acceptors (Lipinski definition) is 7. The predicted molar refractivity (Wildman–Crippen MR) is 180 cm³/mol. The number of nitrogens with one attached hydrogen (secondary N) is 1. The van der Waals surface area contributed by atoms with Gasteiger partial charge in [-0.3, -0.25) is 14.3 Å². The van der Waals surface area contributed by atoms with Gasteiger partial charge >= 0.3 is 0 Å². The van der Waals surface area contributed by atoms with Gasteiger partial charge in [0.15, 0.2) is 5.60 Å². The number of rotatable bonds is 10. The predicted octanol–water partition coefficient (Wildman–Crippen LogP) is 5.88. The Hall–Kier alpha value is -5.32. The summed E-state index contributed by atoms with van der Waals surface area (Å²) in [6.07, 6.45) is 1.93. The van der Waals surface area contributed by atoms with Crippen LogP contribution in [0.5, 0.6) is 5.75 Å². The Bertz CT molecular complexity index is 1910. The number of fused-ring (bicyclic) bond motifs is 2. The van der Waals surface area contributed by atoms with Crippen molar-refractivity contribution in [2.45, 2.75) is 50.7 Å². The van der Waals surface area contributed by atoms with Crippen LogP contribution in [0, 0.1) is 5.92 Å². The van der Waals surface area contributed by atoms with Gasteiger partial charge in [-0.15, -0.1) is 5.10 Å². The SMILES string of the molecule is COc1ccc(C(=O)Nc2ccc3c(c2)[C@]2(O[C@@H](CCn4cc([C@H](O)c5ccccc5)nn4)C[C@H]2C)C(=O)N3Cc2ccccc2)cc1. The molecule has 1 aromatic heterocycles. The highest BCUT2D eigenvalue weighted by Gasteiger charge is 2.60. The normalized spacial score (nSPS) is 20.6. The van der Waals surface area contributed by atoms with Gasteiger partial charge in [0.25, 0.3) is 11.8 Å². The third-order valence-corrected chi connectivity index (χ3v) is 9.34. The average molecular weight is 644 g/mol. The number of aromatic nitrogens is 3. The van der Waals surface area contributed by atoms with Gasteiger partial charge in [-0.2, -0.15) is 0 Å². The summed E-state index contributed by atoms with van der Waals surface area (Å²) in [6, 6.07) is 31.7. The van der Waals surface area contributed by atoms with Crippen LogP contribution in [0.15, 0.2) is 109 Å². The Kier molecular flexibility index (Phi) is 8.51. The molecular weight excluding hydrogens is 606 g/mol. The first kappa shape index (κ1) is 31.3. The molecule has 1 spiro atoms. The molecule has 0 bridgehead atoms. The lowest BCUT2D eigenvalue weighted by molar-refractivity contribution is -0.146. The molecule has 1 fully saturated rings. The number of aliphatic hydroxyl groups is 1. The maximum Gasteiger partial charge on any atom is 0.264 e. The summed E-state index contributed by atoms with van der Waals surface area (Å²) in [7, 11) is 1.58. The third-order valence-electron chi connectivity index (χ3n) is 9.34. The minimum atomic E-state index is -1.20. The van der Waals surface area contributed by atoms with Crippen LogP contribution in [0.1, 0.15) is 58.6 Å². The third kappa shape index (κ3) is 5.85. The topological polar surface area (TPSA) is 119 Å². The summed E-state index contributed by atoms with van der Waals surface area (Å²) in [5, 5.41) is 22.2. The number of amides is 2. The van der Waals surface area contributed by atoms with Crippen molar-refractivity contribution in [3.8, 4) is 5.75 Å². The number of ether oxygens (including phenoxy) is 2. The van der Waals surface area contributed by atoms with Crippen LogP contribution in [0.4, 0.5) is 11.4 Å². The van der Waals surface area contributed by atoms with Gasteiger partial charge in [-0.25, -0.2) is 0 Å². The van der Waals surface area contributed by atoms with Crippen LogP contribution in [0.25, 0.3) is 0 Å². The molecule has 3 heterocycles. The molecule has 5 aromatic rings. The van der Waals surface area contributed by atoms with Crippen molar-refractivity contribution >= 4 is 23.2 Å². The molecule has 0 unspecified atom stereocenters. The maximum atomic E-state index is 14.5. The fraction of sp³-hybridized carbons (Fsp3) is 0.263. The van der Waals surface area contributed by atoms with Crippen molar-refractivity contribution in [2.75, 3.05) is 17.3 Å². The Morgan fingerprint density at radius 1 is 1.04 bits per heavy atom. The maximum absolute atomic E-state index is 14.5. The van der Waals surface area contributed by atoms with Crippen molar-refractivity contribution < 1.29 is 24.2 Å². The van der Waals surface area contributed by atoms with E-state index in [0.717, 1.165) is 22.4 Å². The molecule has 4 atom stereocenters. The fourth-order valence-electron chi connectivity index (χ4n) is 6.83. The molecule has 2 N–H and O–H groups in total. The van der Waals surface area contributed by atoms with Gasteiger partial charge in [-0.05, 0) is 66.4 Å². The van der Waals surface area contributed by atoms with Crippen molar-refractivity contribution in [1.82, 2.24) is 15.0 Å². The summed E-state index contributed by atoms with van der Waals surface area (Å²) >= 11 is 0. The molecule has 4 aromatic carbocycles. The van der Waals surface area contributed by atoms with Crippen molar-refractivity contribution in [3.05, 3.63) is 137 Å². The van der Waals surface area contributed by atoms with Gasteiger partial charge < -0.3 is 24.8 Å².